The summed E-state index contributed by atoms with van der Waals surface area (Å²) >= 11 is 0. The second kappa shape index (κ2) is 13.6. The predicted octanol–water partition coefficient (Wildman–Crippen LogP) is 6.62. The van der Waals surface area contributed by atoms with Gasteiger partial charge in [0.1, 0.15) is 5.75 Å². The number of carbonyl (C=O) groups is 2. The van der Waals surface area contributed by atoms with Crippen LogP contribution in [0.1, 0.15) is 91.8 Å². The fourth-order valence-corrected chi connectivity index (χ4v) is 4.83. The summed E-state index contributed by atoms with van der Waals surface area (Å²) < 4.78 is 0. The molecule has 0 saturated heterocycles. The van der Waals surface area contributed by atoms with Gasteiger partial charge in [0.15, 0.2) is 0 Å². The fourth-order valence-electron chi connectivity index (χ4n) is 4.83. The first-order valence-corrected chi connectivity index (χ1v) is 14.0. The number of aromatic nitrogens is 2. The van der Waals surface area contributed by atoms with Crippen molar-refractivity contribution in [2.75, 3.05) is 11.9 Å². The molecule has 0 unspecified atom stereocenters. The predicted molar refractivity (Wildman–Crippen MR) is 157 cm³/mol. The van der Waals surface area contributed by atoms with Crippen LogP contribution < -0.4 is 16.3 Å². The molecule has 5 N–H and O–H groups in total. The van der Waals surface area contributed by atoms with Crippen molar-refractivity contribution < 1.29 is 14.7 Å². The Labute approximate surface area is 228 Å². The molecule has 0 spiro atoms. The van der Waals surface area contributed by atoms with Crippen molar-refractivity contribution in [1.82, 2.24) is 15.3 Å². The zero-order valence-electron chi connectivity index (χ0n) is 22.6. The summed E-state index contributed by atoms with van der Waals surface area (Å²) in [5.74, 6) is -0.808. The Balaban J connectivity index is 1.30. The SMILES string of the molecule is CCCCCCCCCCCCNC(=O)c1ccc2cc(O)c(C(=O)Nc3ccc4[nH]c(=O)[nH]c4c3)cc2c1. The maximum atomic E-state index is 12.9. The van der Waals surface area contributed by atoms with E-state index in [-0.39, 0.29) is 22.9 Å². The van der Waals surface area contributed by atoms with Crippen molar-refractivity contribution in [3.63, 3.8) is 0 Å². The van der Waals surface area contributed by atoms with Crippen LogP contribution in [0.5, 0.6) is 5.75 Å². The number of amides is 2. The smallest absolute Gasteiger partial charge is 0.323 e. The van der Waals surface area contributed by atoms with Crippen molar-refractivity contribution in [3.8, 4) is 5.75 Å². The van der Waals surface area contributed by atoms with Gasteiger partial charge in [0, 0.05) is 17.8 Å². The standard InChI is InChI=1S/C31H38N4O4/c1-2-3-4-5-6-7-8-9-10-11-16-32-29(37)22-13-12-21-19-28(36)25(18-23(21)17-22)30(38)33-24-14-15-26-27(20-24)35-31(39)34-26/h12-15,17-20,36H,2-11,16H2,1H3,(H,32,37)(H,33,38)(H2,34,35,39). The van der Waals surface area contributed by atoms with Crippen LogP contribution >= 0.6 is 0 Å². The molecule has 0 radical (unpaired) electrons. The number of unbranched alkanes of at least 4 members (excludes halogenated alkanes) is 9. The number of rotatable bonds is 14. The second-order valence-corrected chi connectivity index (χ2v) is 10.2. The number of imidazole rings is 1. The van der Waals surface area contributed by atoms with Crippen LogP contribution in [-0.2, 0) is 0 Å². The number of hydrogen-bond donors (Lipinski definition) is 5. The molecule has 0 atom stereocenters. The third kappa shape index (κ3) is 7.72. The van der Waals surface area contributed by atoms with Gasteiger partial charge in [-0.25, -0.2) is 4.79 Å². The maximum Gasteiger partial charge on any atom is 0.323 e. The van der Waals surface area contributed by atoms with Crippen molar-refractivity contribution in [3.05, 3.63) is 70.1 Å². The fraction of sp³-hybridized carbons (Fsp3) is 0.387. The molecule has 3 aromatic carbocycles. The summed E-state index contributed by atoms with van der Waals surface area (Å²) in [7, 11) is 0. The molecule has 4 aromatic rings. The van der Waals surface area contributed by atoms with E-state index in [1.54, 1.807) is 42.5 Å². The third-order valence-electron chi connectivity index (χ3n) is 7.05. The molecule has 0 saturated carbocycles. The van der Waals surface area contributed by atoms with Gasteiger partial charge in [0.2, 0.25) is 0 Å². The maximum absolute atomic E-state index is 12.9. The number of phenols is 1. The highest BCUT2D eigenvalue weighted by atomic mass is 16.3. The molecule has 0 aliphatic carbocycles. The first-order valence-electron chi connectivity index (χ1n) is 14.0. The number of fused-ring (bicyclic) bond motifs is 2. The van der Waals surface area contributed by atoms with Gasteiger partial charge in [-0.15, -0.1) is 0 Å². The van der Waals surface area contributed by atoms with E-state index in [4.69, 9.17) is 0 Å². The summed E-state index contributed by atoms with van der Waals surface area (Å²) in [6.07, 6.45) is 12.5. The van der Waals surface area contributed by atoms with E-state index < -0.39 is 5.91 Å². The molecule has 39 heavy (non-hydrogen) atoms. The largest absolute Gasteiger partial charge is 0.507 e. The molecule has 1 heterocycles. The van der Waals surface area contributed by atoms with Crippen LogP contribution in [0.4, 0.5) is 5.69 Å². The lowest BCUT2D eigenvalue weighted by molar-refractivity contribution is 0.0952. The molecule has 0 fully saturated rings. The number of aromatic amines is 2. The van der Waals surface area contributed by atoms with E-state index >= 15 is 0 Å². The molecule has 1 aromatic heterocycles. The monoisotopic (exact) mass is 530 g/mol. The van der Waals surface area contributed by atoms with Crippen molar-refractivity contribution in [2.45, 2.75) is 71.1 Å². The molecule has 2 amide bonds. The molecule has 8 heteroatoms. The van der Waals surface area contributed by atoms with Crippen LogP contribution in [0, 0.1) is 0 Å². The summed E-state index contributed by atoms with van der Waals surface area (Å²) in [5, 5.41) is 17.6. The van der Waals surface area contributed by atoms with Gasteiger partial charge in [-0.05, 0) is 59.7 Å². The van der Waals surface area contributed by atoms with E-state index in [2.05, 4.69) is 27.5 Å². The molecule has 0 bridgehead atoms. The van der Waals surface area contributed by atoms with Gasteiger partial charge in [0.05, 0.1) is 16.6 Å². The number of nitrogens with one attached hydrogen (secondary N) is 4. The molecular weight excluding hydrogens is 492 g/mol. The summed E-state index contributed by atoms with van der Waals surface area (Å²) in [4.78, 5) is 42.4. The van der Waals surface area contributed by atoms with Crippen molar-refractivity contribution in [1.29, 1.82) is 0 Å². The number of hydrogen-bond acceptors (Lipinski definition) is 4. The van der Waals surface area contributed by atoms with Crippen molar-refractivity contribution >= 4 is 39.3 Å². The highest BCUT2D eigenvalue weighted by molar-refractivity contribution is 6.09. The normalized spacial score (nSPS) is 11.2. The molecule has 4 rings (SSSR count). The molecule has 206 valence electrons. The molecule has 0 aliphatic rings. The van der Waals surface area contributed by atoms with Crippen LogP contribution in [0.2, 0.25) is 0 Å². The number of anilines is 1. The minimum Gasteiger partial charge on any atom is -0.507 e. The van der Waals surface area contributed by atoms with E-state index in [1.807, 2.05) is 0 Å². The Morgan fingerprint density at radius 2 is 1.44 bits per heavy atom. The van der Waals surface area contributed by atoms with Gasteiger partial charge in [0.25, 0.3) is 11.8 Å². The van der Waals surface area contributed by atoms with Gasteiger partial charge >= 0.3 is 5.69 Å². The average molecular weight is 531 g/mol. The van der Waals surface area contributed by atoms with E-state index in [0.717, 1.165) is 18.2 Å². The number of H-pyrrole nitrogens is 2. The Hall–Kier alpha value is -4.07. The van der Waals surface area contributed by atoms with Crippen LogP contribution in [0.3, 0.4) is 0 Å². The molecule has 0 aliphatic heterocycles. The van der Waals surface area contributed by atoms with Crippen molar-refractivity contribution in [2.24, 2.45) is 0 Å². The van der Waals surface area contributed by atoms with Gasteiger partial charge in [-0.1, -0.05) is 70.8 Å². The Kier molecular flexibility index (Phi) is 9.78. The van der Waals surface area contributed by atoms with E-state index in [9.17, 15) is 19.5 Å². The van der Waals surface area contributed by atoms with Crippen LogP contribution in [0.25, 0.3) is 21.8 Å². The quantitative estimate of drug-likeness (QED) is 0.117. The minimum atomic E-state index is -0.498. The average Bonchev–Trinajstić information content (AvgIpc) is 3.30. The number of phenolic OH excluding ortho intramolecular Hbond substituents is 1. The van der Waals surface area contributed by atoms with Crippen LogP contribution in [-0.4, -0.2) is 33.4 Å². The summed E-state index contributed by atoms with van der Waals surface area (Å²) in [6.45, 7) is 2.87. The highest BCUT2D eigenvalue weighted by Crippen LogP contribution is 2.27. The van der Waals surface area contributed by atoms with Gasteiger partial charge in [-0.3, -0.25) is 9.59 Å². The highest BCUT2D eigenvalue weighted by Gasteiger charge is 2.15. The van der Waals surface area contributed by atoms with E-state index in [0.29, 0.717) is 34.2 Å². The van der Waals surface area contributed by atoms with Gasteiger partial charge in [-0.2, -0.15) is 0 Å². The summed E-state index contributed by atoms with van der Waals surface area (Å²) in [6, 6.07) is 13.3. The number of benzene rings is 3. The topological polar surface area (TPSA) is 127 Å². The lowest BCUT2D eigenvalue weighted by Crippen LogP contribution is -2.24. The second-order valence-electron chi connectivity index (χ2n) is 10.2. The number of carbonyl (C=O) groups excluding carboxylic acids is 2. The molecular formula is C31H38N4O4. The first kappa shape index (κ1) is 28.0. The zero-order valence-corrected chi connectivity index (χ0v) is 22.6. The third-order valence-corrected chi connectivity index (χ3v) is 7.05. The van der Waals surface area contributed by atoms with E-state index in [1.165, 1.54) is 57.4 Å². The Bertz CT molecular complexity index is 1490. The Morgan fingerprint density at radius 1 is 0.744 bits per heavy atom. The lowest BCUT2D eigenvalue weighted by atomic mass is 10.0. The van der Waals surface area contributed by atoms with Gasteiger partial charge < -0.3 is 25.7 Å². The Morgan fingerprint density at radius 3 is 2.18 bits per heavy atom. The molecule has 8 nitrogen and oxygen atoms in total. The van der Waals surface area contributed by atoms with Crippen LogP contribution in [0.15, 0.2) is 53.3 Å². The summed E-state index contributed by atoms with van der Waals surface area (Å²) in [5.41, 5.74) is 1.94. The lowest BCUT2D eigenvalue weighted by Gasteiger charge is -2.10. The first-order chi connectivity index (χ1) is 18.9. The zero-order chi connectivity index (χ0) is 27.6. The minimum absolute atomic E-state index is 0.0908. The number of aromatic hydroxyl groups is 1.